The second kappa shape index (κ2) is 7.72. The molecule has 0 aliphatic carbocycles. The number of para-hydroxylation sites is 1. The van der Waals surface area contributed by atoms with E-state index < -0.39 is 0 Å². The van der Waals surface area contributed by atoms with Crippen LogP contribution >= 0.6 is 0 Å². The Bertz CT molecular complexity index is 1200. The van der Waals surface area contributed by atoms with Crippen molar-refractivity contribution in [3.63, 3.8) is 0 Å². The van der Waals surface area contributed by atoms with Crippen molar-refractivity contribution in [2.45, 2.75) is 26.2 Å². The smallest absolute Gasteiger partial charge is 0.251 e. The number of nitrogens with one attached hydrogen (secondary N) is 3. The van der Waals surface area contributed by atoms with Gasteiger partial charge in [0.2, 0.25) is 5.91 Å². The van der Waals surface area contributed by atoms with Crippen LogP contribution < -0.4 is 10.9 Å². The third kappa shape index (κ3) is 3.83. The zero-order chi connectivity index (χ0) is 19.5. The van der Waals surface area contributed by atoms with Gasteiger partial charge in [-0.1, -0.05) is 24.3 Å². The van der Waals surface area contributed by atoms with Crippen molar-refractivity contribution >= 4 is 27.7 Å². The van der Waals surface area contributed by atoms with E-state index in [0.29, 0.717) is 24.9 Å². The number of rotatable bonds is 6. The summed E-state index contributed by atoms with van der Waals surface area (Å²) in [6, 6.07) is 16.0. The second-order valence-electron chi connectivity index (χ2n) is 7.16. The first kappa shape index (κ1) is 18.0. The number of aromatic nitrogens is 2. The van der Waals surface area contributed by atoms with Gasteiger partial charge >= 0.3 is 0 Å². The number of benzene rings is 2. The summed E-state index contributed by atoms with van der Waals surface area (Å²) < 4.78 is 0. The molecule has 2 heterocycles. The van der Waals surface area contributed by atoms with E-state index in [0.717, 1.165) is 28.4 Å². The minimum atomic E-state index is -0.0603. The van der Waals surface area contributed by atoms with E-state index in [1.165, 1.54) is 10.9 Å². The molecule has 0 atom stereocenters. The number of fused-ring (bicyclic) bond motifs is 2. The summed E-state index contributed by atoms with van der Waals surface area (Å²) in [6.07, 6.45) is 3.94. The fourth-order valence-electron chi connectivity index (χ4n) is 3.54. The molecule has 0 fully saturated rings. The van der Waals surface area contributed by atoms with Gasteiger partial charge in [0.15, 0.2) is 0 Å². The van der Waals surface area contributed by atoms with Crippen molar-refractivity contribution in [3.05, 3.63) is 81.8 Å². The molecule has 142 valence electrons. The van der Waals surface area contributed by atoms with E-state index in [4.69, 9.17) is 0 Å². The van der Waals surface area contributed by atoms with Gasteiger partial charge in [0.25, 0.3) is 5.56 Å². The van der Waals surface area contributed by atoms with E-state index in [-0.39, 0.29) is 11.5 Å². The van der Waals surface area contributed by atoms with Gasteiger partial charge in [0.1, 0.15) is 0 Å². The van der Waals surface area contributed by atoms with Crippen molar-refractivity contribution < 1.29 is 4.79 Å². The van der Waals surface area contributed by atoms with Crippen LogP contribution in [0.25, 0.3) is 21.8 Å². The van der Waals surface area contributed by atoms with E-state index in [1.807, 2.05) is 42.6 Å². The number of aromatic amines is 2. The number of amides is 1. The highest BCUT2D eigenvalue weighted by molar-refractivity contribution is 5.83. The Kier molecular flexibility index (Phi) is 4.98. The van der Waals surface area contributed by atoms with E-state index in [9.17, 15) is 9.59 Å². The van der Waals surface area contributed by atoms with Crippen LogP contribution in [0.4, 0.5) is 0 Å². The molecule has 0 aliphatic heterocycles. The summed E-state index contributed by atoms with van der Waals surface area (Å²) in [5.41, 5.74) is 4.88. The lowest BCUT2D eigenvalue weighted by atomic mass is 10.1. The quantitative estimate of drug-likeness (QED) is 0.483. The molecule has 4 rings (SSSR count). The van der Waals surface area contributed by atoms with Gasteiger partial charge in [-0.15, -0.1) is 0 Å². The molecule has 0 unspecified atom stereocenters. The molecular weight excluding hydrogens is 350 g/mol. The highest BCUT2D eigenvalue weighted by Gasteiger charge is 2.06. The largest absolute Gasteiger partial charge is 0.361 e. The van der Waals surface area contributed by atoms with Gasteiger partial charge in [-0.25, -0.2) is 0 Å². The van der Waals surface area contributed by atoms with Gasteiger partial charge in [0, 0.05) is 41.1 Å². The first-order valence-electron chi connectivity index (χ1n) is 9.54. The molecule has 5 heteroatoms. The van der Waals surface area contributed by atoms with Crippen LogP contribution in [0.5, 0.6) is 0 Å². The lowest BCUT2D eigenvalue weighted by molar-refractivity contribution is -0.121. The van der Waals surface area contributed by atoms with Crippen molar-refractivity contribution in [1.29, 1.82) is 0 Å². The number of pyridine rings is 1. The predicted octanol–water partition coefficient (Wildman–Crippen LogP) is 3.61. The summed E-state index contributed by atoms with van der Waals surface area (Å²) >= 11 is 0. The Morgan fingerprint density at radius 1 is 1.04 bits per heavy atom. The van der Waals surface area contributed by atoms with Crippen LogP contribution in [0.2, 0.25) is 0 Å². The molecule has 3 N–H and O–H groups in total. The number of carbonyl (C=O) groups is 1. The molecular formula is C23H23N3O2. The zero-order valence-corrected chi connectivity index (χ0v) is 15.8. The third-order valence-corrected chi connectivity index (χ3v) is 5.13. The SMILES string of the molecule is Cc1cc2cc(CCC(=O)NCCc3c[nH]c4ccccc34)ccc2[nH]c1=O. The van der Waals surface area contributed by atoms with Crippen LogP contribution in [-0.2, 0) is 17.6 Å². The van der Waals surface area contributed by atoms with Gasteiger partial charge in [-0.05, 0) is 60.5 Å². The minimum Gasteiger partial charge on any atom is -0.361 e. The number of H-pyrrole nitrogens is 2. The Balaban J connectivity index is 1.31. The van der Waals surface area contributed by atoms with Crippen LogP contribution in [0, 0.1) is 6.92 Å². The average molecular weight is 373 g/mol. The Labute approximate surface area is 162 Å². The molecule has 1 amide bonds. The van der Waals surface area contributed by atoms with Crippen LogP contribution in [0.3, 0.4) is 0 Å². The molecule has 0 radical (unpaired) electrons. The van der Waals surface area contributed by atoms with Crippen LogP contribution in [0.15, 0.2) is 59.5 Å². The summed E-state index contributed by atoms with van der Waals surface area (Å²) in [7, 11) is 0. The Morgan fingerprint density at radius 3 is 2.79 bits per heavy atom. The van der Waals surface area contributed by atoms with Crippen molar-refractivity contribution in [2.24, 2.45) is 0 Å². The summed E-state index contributed by atoms with van der Waals surface area (Å²) in [5.74, 6) is 0.0533. The third-order valence-electron chi connectivity index (χ3n) is 5.13. The maximum atomic E-state index is 12.2. The fourth-order valence-corrected chi connectivity index (χ4v) is 3.54. The predicted molar refractivity (Wildman–Crippen MR) is 113 cm³/mol. The van der Waals surface area contributed by atoms with Gasteiger partial charge in [-0.3, -0.25) is 9.59 Å². The van der Waals surface area contributed by atoms with Crippen molar-refractivity contribution in [2.75, 3.05) is 6.54 Å². The fraction of sp³-hybridized carbons (Fsp3) is 0.217. The number of hydrogen-bond acceptors (Lipinski definition) is 2. The Morgan fingerprint density at radius 2 is 1.89 bits per heavy atom. The lowest BCUT2D eigenvalue weighted by Crippen LogP contribution is -2.25. The zero-order valence-electron chi connectivity index (χ0n) is 15.8. The number of aryl methyl sites for hydroxylation is 2. The molecule has 0 saturated carbocycles. The topological polar surface area (TPSA) is 77.8 Å². The summed E-state index contributed by atoms with van der Waals surface area (Å²) in [4.78, 5) is 30.0. The summed E-state index contributed by atoms with van der Waals surface area (Å²) in [6.45, 7) is 2.42. The number of carbonyl (C=O) groups excluding carboxylic acids is 1. The second-order valence-corrected chi connectivity index (χ2v) is 7.16. The maximum Gasteiger partial charge on any atom is 0.251 e. The van der Waals surface area contributed by atoms with E-state index in [1.54, 1.807) is 6.92 Å². The minimum absolute atomic E-state index is 0.0533. The van der Waals surface area contributed by atoms with Gasteiger partial charge in [-0.2, -0.15) is 0 Å². The average Bonchev–Trinajstić information content (AvgIpc) is 3.10. The monoisotopic (exact) mass is 373 g/mol. The van der Waals surface area contributed by atoms with Gasteiger partial charge < -0.3 is 15.3 Å². The van der Waals surface area contributed by atoms with Crippen LogP contribution in [-0.4, -0.2) is 22.4 Å². The first-order chi connectivity index (χ1) is 13.6. The molecule has 2 aromatic carbocycles. The maximum absolute atomic E-state index is 12.2. The Hall–Kier alpha value is -3.34. The molecule has 2 aromatic heterocycles. The molecule has 0 spiro atoms. The van der Waals surface area contributed by atoms with Crippen LogP contribution in [0.1, 0.15) is 23.1 Å². The normalized spacial score (nSPS) is 11.2. The molecule has 4 aromatic rings. The van der Waals surface area contributed by atoms with Gasteiger partial charge in [0.05, 0.1) is 0 Å². The van der Waals surface area contributed by atoms with Crippen molar-refractivity contribution in [1.82, 2.24) is 15.3 Å². The standard InChI is InChI=1S/C23H23N3O2/c1-15-12-18-13-16(6-8-20(18)26-23(15)28)7-9-22(27)24-11-10-17-14-25-21-5-3-2-4-19(17)21/h2-6,8,12-14,25H,7,9-11H2,1H3,(H,24,27)(H,26,28). The highest BCUT2D eigenvalue weighted by Crippen LogP contribution is 2.18. The van der Waals surface area contributed by atoms with E-state index in [2.05, 4.69) is 27.4 Å². The summed E-state index contributed by atoms with van der Waals surface area (Å²) in [5, 5.41) is 5.21. The molecule has 0 saturated heterocycles. The first-order valence-corrected chi connectivity index (χ1v) is 9.54. The molecule has 0 bridgehead atoms. The van der Waals surface area contributed by atoms with Crippen molar-refractivity contribution in [3.8, 4) is 0 Å². The number of hydrogen-bond donors (Lipinski definition) is 3. The highest BCUT2D eigenvalue weighted by atomic mass is 16.1. The molecule has 28 heavy (non-hydrogen) atoms. The molecule has 0 aliphatic rings. The van der Waals surface area contributed by atoms with E-state index >= 15 is 0 Å². The lowest BCUT2D eigenvalue weighted by Gasteiger charge is -2.07. The molecule has 5 nitrogen and oxygen atoms in total.